The first kappa shape index (κ1) is 30.2. The van der Waals surface area contributed by atoms with Crippen molar-refractivity contribution >= 4 is 0 Å². The van der Waals surface area contributed by atoms with Crippen molar-refractivity contribution in [3.63, 3.8) is 0 Å². The molecule has 4 aliphatic heterocycles. The number of hydroxylamine groups is 3. The molecule has 1 N–H and O–H groups in total. The lowest BCUT2D eigenvalue weighted by Gasteiger charge is -2.49. The van der Waals surface area contributed by atoms with E-state index in [0.29, 0.717) is 66.1 Å². The van der Waals surface area contributed by atoms with E-state index < -0.39 is 4.65 Å². The van der Waals surface area contributed by atoms with E-state index in [-0.39, 0.29) is 17.8 Å². The second-order valence-electron chi connectivity index (χ2n) is 12.7. The van der Waals surface area contributed by atoms with E-state index in [4.69, 9.17) is 23.7 Å². The number of quaternary nitrogens is 1. The summed E-state index contributed by atoms with van der Waals surface area (Å²) in [5.74, 6) is 3.53. The van der Waals surface area contributed by atoms with Gasteiger partial charge < -0.3 is 38.6 Å². The quantitative estimate of drug-likeness (QED) is 0.195. The Morgan fingerprint density at radius 2 is 1.50 bits per heavy atom. The fraction of sp³-hybridized carbons (Fsp3) is 0.351. The first-order chi connectivity index (χ1) is 22.2. The van der Waals surface area contributed by atoms with Gasteiger partial charge in [0.25, 0.3) is 0 Å². The maximum atomic E-state index is 14.0. The summed E-state index contributed by atoms with van der Waals surface area (Å²) >= 11 is 0. The van der Waals surface area contributed by atoms with Crippen molar-refractivity contribution in [1.82, 2.24) is 4.90 Å². The van der Waals surface area contributed by atoms with Gasteiger partial charge in [0.2, 0.25) is 5.75 Å². The van der Waals surface area contributed by atoms with Gasteiger partial charge in [-0.3, -0.25) is 4.90 Å². The number of nitrogens with zero attached hydrogens (tertiary/aromatic N) is 2. The van der Waals surface area contributed by atoms with Crippen LogP contribution in [0.15, 0.2) is 60.7 Å². The summed E-state index contributed by atoms with van der Waals surface area (Å²) in [6, 6.07) is 19.2. The van der Waals surface area contributed by atoms with E-state index in [1.54, 1.807) is 28.4 Å². The molecule has 240 valence electrons. The molecule has 0 aromatic heterocycles. The Labute approximate surface area is 269 Å². The van der Waals surface area contributed by atoms with Crippen LogP contribution in [0.4, 0.5) is 0 Å². The molecule has 0 aliphatic carbocycles. The molecule has 0 fully saturated rings. The van der Waals surface area contributed by atoms with Crippen LogP contribution >= 0.6 is 0 Å². The molecule has 9 nitrogen and oxygen atoms in total. The van der Waals surface area contributed by atoms with E-state index in [0.717, 1.165) is 46.3 Å². The lowest BCUT2D eigenvalue weighted by molar-refractivity contribution is -0.894. The lowest BCUT2D eigenvalue weighted by atomic mass is 9.87. The average molecular weight is 625 g/mol. The monoisotopic (exact) mass is 624 g/mol. The number of rotatable bonds is 3. The summed E-state index contributed by atoms with van der Waals surface area (Å²) in [6.45, 7) is 1.28. The normalized spacial score (nSPS) is 22.0. The number of hydrogen-bond acceptors (Lipinski definition) is 8. The Morgan fingerprint density at radius 3 is 2.24 bits per heavy atom. The summed E-state index contributed by atoms with van der Waals surface area (Å²) in [5.41, 5.74) is 5.99. The van der Waals surface area contributed by atoms with Gasteiger partial charge in [-0.05, 0) is 84.6 Å². The summed E-state index contributed by atoms with van der Waals surface area (Å²) in [6.07, 6.45) is 2.55. The van der Waals surface area contributed by atoms with Crippen molar-refractivity contribution in [3.05, 3.63) is 99.3 Å². The van der Waals surface area contributed by atoms with Gasteiger partial charge in [0, 0.05) is 36.6 Å². The molecule has 4 aromatic carbocycles. The number of hydrogen-bond donors (Lipinski definition) is 1. The molecule has 0 unspecified atom stereocenters. The Morgan fingerprint density at radius 1 is 0.804 bits per heavy atom. The summed E-state index contributed by atoms with van der Waals surface area (Å²) in [7, 11) is 8.62. The standard InChI is InChI=1S/C37H40N2O7/c1-38-14-12-25-20-34(44-5)36(40)37-35(25)28(38)16-23-8-11-30(42-3)32(18-23)45-26-9-6-22(7-10-26)17-29-27-21-33(46-37)31(43-4)19-24(27)13-15-39(29,2)41/h6-11,18-21,28-29,40H,12-17H2,1-5H3/t28-,29-,39+/m0/s1. The molecule has 0 spiro atoms. The maximum absolute atomic E-state index is 14.0. The number of methoxy groups -OCH3 is 3. The van der Waals surface area contributed by atoms with Gasteiger partial charge in [0.1, 0.15) is 11.8 Å². The van der Waals surface area contributed by atoms with Crippen molar-refractivity contribution in [3.8, 4) is 46.0 Å². The molecule has 4 heterocycles. The van der Waals surface area contributed by atoms with Crippen molar-refractivity contribution in [2.45, 2.75) is 37.8 Å². The minimum absolute atomic E-state index is 0.0741. The molecule has 46 heavy (non-hydrogen) atoms. The van der Waals surface area contributed by atoms with Gasteiger partial charge in [-0.15, -0.1) is 0 Å². The van der Waals surface area contributed by atoms with Crippen LogP contribution in [0.5, 0.6) is 46.0 Å². The molecule has 9 heteroatoms. The number of benzene rings is 4. The molecule has 4 aliphatic rings. The molecule has 3 atom stereocenters. The molecule has 0 radical (unpaired) electrons. The van der Waals surface area contributed by atoms with Crippen molar-refractivity contribution < 1.29 is 33.4 Å². The number of phenolic OH excluding ortho intramolecular Hbond substituents is 1. The third-order valence-corrected chi connectivity index (χ3v) is 9.88. The van der Waals surface area contributed by atoms with E-state index in [1.807, 2.05) is 60.7 Å². The van der Waals surface area contributed by atoms with Crippen LogP contribution < -0.4 is 23.7 Å². The van der Waals surface area contributed by atoms with Gasteiger partial charge >= 0.3 is 0 Å². The fourth-order valence-electron chi connectivity index (χ4n) is 7.24. The highest BCUT2D eigenvalue weighted by molar-refractivity contribution is 5.63. The largest absolute Gasteiger partial charge is 0.633 e. The van der Waals surface area contributed by atoms with Crippen LogP contribution in [0.3, 0.4) is 0 Å². The molecule has 0 saturated carbocycles. The van der Waals surface area contributed by atoms with Crippen LogP contribution in [0.2, 0.25) is 0 Å². The molecule has 6 bridgehead atoms. The van der Waals surface area contributed by atoms with E-state index >= 15 is 0 Å². The van der Waals surface area contributed by atoms with Crippen LogP contribution in [-0.4, -0.2) is 63.2 Å². The third kappa shape index (κ3) is 5.28. The zero-order chi connectivity index (χ0) is 32.2. The van der Waals surface area contributed by atoms with E-state index in [2.05, 4.69) is 11.9 Å². The smallest absolute Gasteiger partial charge is 0.201 e. The molecule has 0 saturated heterocycles. The number of aromatic hydroxyl groups is 1. The topological polar surface area (TPSA) is 92.7 Å². The highest BCUT2D eigenvalue weighted by Crippen LogP contribution is 2.51. The summed E-state index contributed by atoms with van der Waals surface area (Å²) < 4.78 is 29.9. The molecular weight excluding hydrogens is 584 g/mol. The van der Waals surface area contributed by atoms with Crippen LogP contribution in [-0.2, 0) is 25.7 Å². The Bertz CT molecular complexity index is 1790. The Balaban J connectivity index is 1.47. The number of fused-ring (bicyclic) bond motifs is 2. The molecular formula is C37H40N2O7. The predicted octanol–water partition coefficient (Wildman–Crippen LogP) is 6.87. The second kappa shape index (κ2) is 11.7. The van der Waals surface area contributed by atoms with Crippen molar-refractivity contribution in [2.24, 2.45) is 0 Å². The number of likely N-dealkylation sites (N-methyl/N-ethyl adjacent to an activating group) is 2. The van der Waals surface area contributed by atoms with Gasteiger partial charge in [-0.25, -0.2) is 0 Å². The summed E-state index contributed by atoms with van der Waals surface area (Å²) in [5, 5.41) is 25.6. The highest BCUT2D eigenvalue weighted by atomic mass is 16.5. The summed E-state index contributed by atoms with van der Waals surface area (Å²) in [4.78, 5) is 2.28. The second-order valence-corrected chi connectivity index (χ2v) is 12.7. The Hall–Kier alpha value is -4.44. The predicted molar refractivity (Wildman–Crippen MR) is 175 cm³/mol. The van der Waals surface area contributed by atoms with Crippen molar-refractivity contribution in [2.75, 3.05) is 48.5 Å². The Kier molecular flexibility index (Phi) is 7.71. The van der Waals surface area contributed by atoms with Gasteiger partial charge in [0.05, 0.1) is 34.9 Å². The average Bonchev–Trinajstić information content (AvgIpc) is 3.05. The number of phenols is 1. The van der Waals surface area contributed by atoms with Crippen LogP contribution in [0.25, 0.3) is 0 Å². The third-order valence-electron chi connectivity index (χ3n) is 9.88. The first-order valence-electron chi connectivity index (χ1n) is 15.7. The van der Waals surface area contributed by atoms with Crippen LogP contribution in [0, 0.1) is 5.21 Å². The highest BCUT2D eigenvalue weighted by Gasteiger charge is 2.37. The fourth-order valence-corrected chi connectivity index (χ4v) is 7.24. The maximum Gasteiger partial charge on any atom is 0.201 e. The molecule has 4 aromatic rings. The lowest BCUT2D eigenvalue weighted by Crippen LogP contribution is -2.47. The SMILES string of the molecule is COc1ccc2cc1Oc1ccc(cc1)C[C@H]1c3cc(c(OC)cc3CC[N@@+]1(C)[O-])Oc1c(O)c(OC)cc3c1[C@H](C2)N(C)CC3. The van der Waals surface area contributed by atoms with E-state index in [1.165, 1.54) is 0 Å². The minimum Gasteiger partial charge on any atom is -0.633 e. The van der Waals surface area contributed by atoms with Gasteiger partial charge in [-0.1, -0.05) is 18.2 Å². The van der Waals surface area contributed by atoms with Crippen LogP contribution in [0.1, 0.15) is 45.5 Å². The van der Waals surface area contributed by atoms with Gasteiger partial charge in [0.15, 0.2) is 34.5 Å². The number of ether oxygens (including phenoxy) is 5. The molecule has 0 amide bonds. The van der Waals surface area contributed by atoms with Crippen molar-refractivity contribution in [1.29, 1.82) is 0 Å². The zero-order valence-corrected chi connectivity index (χ0v) is 27.0. The zero-order valence-electron chi connectivity index (χ0n) is 27.0. The molecule has 8 rings (SSSR count). The van der Waals surface area contributed by atoms with Gasteiger partial charge in [-0.2, -0.15) is 0 Å². The minimum atomic E-state index is -0.409. The first-order valence-corrected chi connectivity index (χ1v) is 15.7. The van der Waals surface area contributed by atoms with E-state index in [9.17, 15) is 10.3 Å².